The Balaban J connectivity index is 2.53. The molecule has 98 valence electrons. The van der Waals surface area contributed by atoms with Crippen LogP contribution in [0.25, 0.3) is 0 Å². The van der Waals surface area contributed by atoms with Crippen molar-refractivity contribution < 1.29 is 14.7 Å². The number of hydrogen-bond acceptors (Lipinski definition) is 3. The van der Waals surface area contributed by atoms with E-state index in [0.29, 0.717) is 25.9 Å². The smallest absolute Gasteiger partial charge is 0.306 e. The number of carbonyl (C=O) groups is 2. The predicted molar refractivity (Wildman–Crippen MR) is 64.4 cm³/mol. The van der Waals surface area contributed by atoms with Gasteiger partial charge < -0.3 is 15.7 Å². The Morgan fingerprint density at radius 3 is 2.24 bits per heavy atom. The van der Waals surface area contributed by atoms with E-state index >= 15 is 0 Å². The van der Waals surface area contributed by atoms with Gasteiger partial charge in [0.1, 0.15) is 0 Å². The summed E-state index contributed by atoms with van der Waals surface area (Å²) in [5.74, 6) is -1.17. The van der Waals surface area contributed by atoms with Crippen LogP contribution in [0.4, 0.5) is 0 Å². The fraction of sp³-hybridized carbons (Fsp3) is 0.833. The second kappa shape index (κ2) is 5.04. The molecule has 0 radical (unpaired) electrons. The molecular weight excluding hydrogens is 220 g/mol. The van der Waals surface area contributed by atoms with Gasteiger partial charge in [-0.05, 0) is 12.8 Å². The number of nitrogens with two attached hydrogens (primary N) is 1. The molecule has 0 bridgehead atoms. The minimum atomic E-state index is -0.799. The summed E-state index contributed by atoms with van der Waals surface area (Å²) in [7, 11) is 0. The molecule has 1 atom stereocenters. The summed E-state index contributed by atoms with van der Waals surface area (Å²) >= 11 is 0. The molecule has 3 N–H and O–H groups in total. The third-order valence-corrected chi connectivity index (χ3v) is 3.98. The highest BCUT2D eigenvalue weighted by atomic mass is 16.4. The van der Waals surface area contributed by atoms with Gasteiger partial charge in [-0.3, -0.25) is 9.59 Å². The van der Waals surface area contributed by atoms with Crippen LogP contribution >= 0.6 is 0 Å². The number of carboxylic acid groups (broad SMARTS) is 1. The van der Waals surface area contributed by atoms with Crippen LogP contribution in [0, 0.1) is 11.8 Å². The molecule has 1 unspecified atom stereocenters. The molecule has 0 saturated carbocycles. The molecule has 0 aromatic rings. The quantitative estimate of drug-likeness (QED) is 0.742. The van der Waals surface area contributed by atoms with Gasteiger partial charge in [0.25, 0.3) is 0 Å². The van der Waals surface area contributed by atoms with Crippen molar-refractivity contribution in [2.75, 3.05) is 13.1 Å². The Morgan fingerprint density at radius 2 is 1.88 bits per heavy atom. The standard InChI is InChI=1S/C12H22N2O3/c1-4-12(13,5-2)11(17)14-6-9(7-14)8(3)10(15)16/h8-9H,4-7,13H2,1-3H3,(H,15,16). The third-order valence-electron chi connectivity index (χ3n) is 3.98. The maximum atomic E-state index is 12.1. The molecule has 1 rings (SSSR count). The summed E-state index contributed by atoms with van der Waals surface area (Å²) in [6.45, 7) is 6.53. The van der Waals surface area contributed by atoms with E-state index in [9.17, 15) is 9.59 Å². The van der Waals surface area contributed by atoms with Gasteiger partial charge >= 0.3 is 5.97 Å². The molecular formula is C12H22N2O3. The molecule has 1 amide bonds. The maximum Gasteiger partial charge on any atom is 0.306 e. The third kappa shape index (κ3) is 2.60. The van der Waals surface area contributed by atoms with Gasteiger partial charge in [-0.2, -0.15) is 0 Å². The average Bonchev–Trinajstić information content (AvgIpc) is 2.25. The van der Waals surface area contributed by atoms with E-state index in [1.165, 1.54) is 0 Å². The summed E-state index contributed by atoms with van der Waals surface area (Å²) in [5, 5.41) is 8.87. The highest BCUT2D eigenvalue weighted by molar-refractivity contribution is 5.87. The van der Waals surface area contributed by atoms with Crippen molar-refractivity contribution in [3.05, 3.63) is 0 Å². The minimum Gasteiger partial charge on any atom is -0.481 e. The monoisotopic (exact) mass is 242 g/mol. The van der Waals surface area contributed by atoms with Crippen LogP contribution in [-0.2, 0) is 9.59 Å². The molecule has 17 heavy (non-hydrogen) atoms. The van der Waals surface area contributed by atoms with Crippen molar-refractivity contribution in [3.8, 4) is 0 Å². The number of amides is 1. The van der Waals surface area contributed by atoms with Crippen molar-refractivity contribution in [2.24, 2.45) is 17.6 Å². The zero-order chi connectivity index (χ0) is 13.2. The average molecular weight is 242 g/mol. The predicted octanol–water partition coefficient (Wildman–Crippen LogP) is 0.683. The van der Waals surface area contributed by atoms with Crippen molar-refractivity contribution in [1.82, 2.24) is 4.90 Å². The van der Waals surface area contributed by atoms with E-state index in [1.807, 2.05) is 13.8 Å². The molecule has 0 aromatic heterocycles. The Morgan fingerprint density at radius 1 is 1.41 bits per heavy atom. The SMILES string of the molecule is CCC(N)(CC)C(=O)N1CC(C(C)C(=O)O)C1. The molecule has 0 aromatic carbocycles. The topological polar surface area (TPSA) is 83.6 Å². The maximum absolute atomic E-state index is 12.1. The van der Waals surface area contributed by atoms with Gasteiger partial charge in [-0.1, -0.05) is 20.8 Å². The minimum absolute atomic E-state index is 0.0451. The summed E-state index contributed by atoms with van der Waals surface area (Å²) in [6, 6.07) is 0. The second-order valence-electron chi connectivity index (χ2n) is 4.96. The molecule has 1 fully saturated rings. The first kappa shape index (κ1) is 14.0. The highest BCUT2D eigenvalue weighted by Crippen LogP contribution is 2.27. The second-order valence-corrected chi connectivity index (χ2v) is 4.96. The van der Waals surface area contributed by atoms with Crippen LogP contribution in [-0.4, -0.2) is 40.5 Å². The van der Waals surface area contributed by atoms with Crippen molar-refractivity contribution in [2.45, 2.75) is 39.2 Å². The van der Waals surface area contributed by atoms with Crippen molar-refractivity contribution in [3.63, 3.8) is 0 Å². The fourth-order valence-electron chi connectivity index (χ4n) is 2.06. The van der Waals surface area contributed by atoms with Gasteiger partial charge in [0.2, 0.25) is 5.91 Å². The van der Waals surface area contributed by atoms with Crippen LogP contribution in [0.2, 0.25) is 0 Å². The van der Waals surface area contributed by atoms with Crippen molar-refractivity contribution in [1.29, 1.82) is 0 Å². The molecule has 1 aliphatic rings. The number of rotatable bonds is 5. The fourth-order valence-corrected chi connectivity index (χ4v) is 2.06. The van der Waals surface area contributed by atoms with Crippen LogP contribution in [0.3, 0.4) is 0 Å². The molecule has 1 saturated heterocycles. The Kier molecular flexibility index (Phi) is 4.14. The first-order chi connectivity index (χ1) is 7.85. The Bertz CT molecular complexity index is 307. The van der Waals surface area contributed by atoms with Crippen molar-refractivity contribution >= 4 is 11.9 Å². The molecule has 0 spiro atoms. The lowest BCUT2D eigenvalue weighted by molar-refractivity contribution is -0.153. The number of carbonyl (C=O) groups excluding carboxylic acids is 1. The number of carboxylic acids is 1. The van der Waals surface area contributed by atoms with Gasteiger partial charge in [0.05, 0.1) is 11.5 Å². The molecule has 5 heteroatoms. The zero-order valence-electron chi connectivity index (χ0n) is 10.8. The first-order valence-corrected chi connectivity index (χ1v) is 6.16. The summed E-state index contributed by atoms with van der Waals surface area (Å²) in [6.07, 6.45) is 1.22. The lowest BCUT2D eigenvalue weighted by Crippen LogP contribution is -2.62. The van der Waals surface area contributed by atoms with Gasteiger partial charge in [-0.25, -0.2) is 0 Å². The van der Waals surface area contributed by atoms with E-state index in [4.69, 9.17) is 10.8 Å². The molecule has 1 aliphatic heterocycles. The molecule has 1 heterocycles. The zero-order valence-corrected chi connectivity index (χ0v) is 10.8. The number of hydrogen-bond donors (Lipinski definition) is 2. The summed E-state index contributed by atoms with van der Waals surface area (Å²) in [5.41, 5.74) is 5.24. The lowest BCUT2D eigenvalue weighted by atomic mass is 9.84. The molecule has 5 nitrogen and oxygen atoms in total. The Labute approximate surface area is 102 Å². The van der Waals surface area contributed by atoms with E-state index < -0.39 is 17.4 Å². The van der Waals surface area contributed by atoms with E-state index in [-0.39, 0.29) is 11.8 Å². The Hall–Kier alpha value is -1.10. The first-order valence-electron chi connectivity index (χ1n) is 6.16. The van der Waals surface area contributed by atoms with Gasteiger partial charge in [0.15, 0.2) is 0 Å². The van der Waals surface area contributed by atoms with Crippen LogP contribution < -0.4 is 5.73 Å². The van der Waals surface area contributed by atoms with E-state index in [1.54, 1.807) is 11.8 Å². The lowest BCUT2D eigenvalue weighted by Gasteiger charge is -2.45. The largest absolute Gasteiger partial charge is 0.481 e. The van der Waals surface area contributed by atoms with Crippen LogP contribution in [0.15, 0.2) is 0 Å². The number of nitrogens with zero attached hydrogens (tertiary/aromatic N) is 1. The van der Waals surface area contributed by atoms with Crippen LogP contribution in [0.5, 0.6) is 0 Å². The normalized spacial score (nSPS) is 18.7. The number of aliphatic carboxylic acids is 1. The summed E-state index contributed by atoms with van der Waals surface area (Å²) in [4.78, 5) is 24.6. The number of likely N-dealkylation sites (tertiary alicyclic amines) is 1. The van der Waals surface area contributed by atoms with E-state index in [0.717, 1.165) is 0 Å². The summed E-state index contributed by atoms with van der Waals surface area (Å²) < 4.78 is 0. The highest BCUT2D eigenvalue weighted by Gasteiger charge is 2.42. The molecule has 0 aliphatic carbocycles. The van der Waals surface area contributed by atoms with Gasteiger partial charge in [0, 0.05) is 19.0 Å². The van der Waals surface area contributed by atoms with Crippen LogP contribution in [0.1, 0.15) is 33.6 Å². The van der Waals surface area contributed by atoms with E-state index in [2.05, 4.69) is 0 Å². The van der Waals surface area contributed by atoms with Gasteiger partial charge in [-0.15, -0.1) is 0 Å².